The van der Waals surface area contributed by atoms with E-state index in [9.17, 15) is 4.79 Å². The summed E-state index contributed by atoms with van der Waals surface area (Å²) >= 11 is 5.82. The molecule has 3 heterocycles. The maximum Gasteiger partial charge on any atom is 0.250 e. The van der Waals surface area contributed by atoms with Crippen molar-refractivity contribution >= 4 is 46.5 Å². The van der Waals surface area contributed by atoms with Crippen LogP contribution in [0.5, 0.6) is 0 Å². The quantitative estimate of drug-likeness (QED) is 0.269. The highest BCUT2D eigenvalue weighted by Gasteiger charge is 2.21. The van der Waals surface area contributed by atoms with E-state index in [1.807, 2.05) is 51.7 Å². The SMILES string of the molecule is CCCN(CCC)C(=O)C1=Cc2ccc(-c3ccc4c(=S)n(Cc5nccn5C)ccc4c3)cc2N=C(N)C1. The molecule has 2 aromatic heterocycles. The maximum absolute atomic E-state index is 13.3. The fourth-order valence-corrected chi connectivity index (χ4v) is 5.37. The molecule has 5 rings (SSSR count). The van der Waals surface area contributed by atoms with Gasteiger partial charge in [-0.05, 0) is 53.6 Å². The van der Waals surface area contributed by atoms with E-state index >= 15 is 0 Å². The number of fused-ring (bicyclic) bond motifs is 2. The molecule has 0 saturated carbocycles. The van der Waals surface area contributed by atoms with Crippen LogP contribution in [-0.2, 0) is 18.4 Å². The first-order chi connectivity index (χ1) is 18.9. The van der Waals surface area contributed by atoms with Gasteiger partial charge in [-0.1, -0.05) is 50.3 Å². The number of imidazole rings is 1. The van der Waals surface area contributed by atoms with Gasteiger partial charge in [0.25, 0.3) is 0 Å². The van der Waals surface area contributed by atoms with Crippen LogP contribution >= 0.6 is 12.2 Å². The number of carbonyl (C=O) groups is 1. The Bertz CT molecular complexity index is 1660. The predicted molar refractivity (Wildman–Crippen MR) is 162 cm³/mol. The van der Waals surface area contributed by atoms with Crippen molar-refractivity contribution in [3.8, 4) is 11.1 Å². The zero-order valence-electron chi connectivity index (χ0n) is 22.7. The Labute approximate surface area is 234 Å². The highest BCUT2D eigenvalue weighted by molar-refractivity contribution is 7.71. The molecule has 39 heavy (non-hydrogen) atoms. The summed E-state index contributed by atoms with van der Waals surface area (Å²) in [6.45, 7) is 6.28. The molecule has 200 valence electrons. The molecule has 1 amide bonds. The predicted octanol–water partition coefficient (Wildman–Crippen LogP) is 6.24. The van der Waals surface area contributed by atoms with Gasteiger partial charge in [-0.2, -0.15) is 0 Å². The van der Waals surface area contributed by atoms with E-state index in [1.165, 1.54) is 0 Å². The van der Waals surface area contributed by atoms with Gasteiger partial charge in [-0.3, -0.25) is 4.79 Å². The second-order valence-corrected chi connectivity index (χ2v) is 10.4. The van der Waals surface area contributed by atoms with Crippen LogP contribution in [0, 0.1) is 4.64 Å². The fraction of sp³-hybridized carbons (Fsp3) is 0.290. The lowest BCUT2D eigenvalue weighted by atomic mass is 9.99. The summed E-state index contributed by atoms with van der Waals surface area (Å²) in [7, 11) is 1.99. The standard InChI is InChI=1S/C31H34N6OS/c1-4-12-36(13-5-2)30(38)25-17-24-7-6-22(18-27(24)34-28(32)19-25)21-8-9-26-23(16-21)10-14-37(31(26)39)20-29-33-11-15-35(29)3/h6-11,14-18H,4-5,12-13,19-20H2,1-3H3,(H2,32,34). The third kappa shape index (κ3) is 5.56. The molecular weight excluding hydrogens is 504 g/mol. The van der Waals surface area contributed by atoms with Crippen LogP contribution < -0.4 is 5.73 Å². The Hall–Kier alpha value is -4.04. The third-order valence-electron chi connectivity index (χ3n) is 7.09. The lowest BCUT2D eigenvalue weighted by Crippen LogP contribution is -2.34. The topological polar surface area (TPSA) is 81.4 Å². The fourth-order valence-electron chi connectivity index (χ4n) is 5.06. The normalized spacial score (nSPS) is 13.0. The van der Waals surface area contributed by atoms with Gasteiger partial charge in [0.15, 0.2) is 0 Å². The van der Waals surface area contributed by atoms with Crippen LogP contribution in [0.15, 0.2) is 71.6 Å². The summed E-state index contributed by atoms with van der Waals surface area (Å²) < 4.78 is 4.83. The van der Waals surface area contributed by atoms with Gasteiger partial charge in [-0.25, -0.2) is 9.98 Å². The number of carbonyl (C=O) groups excluding carboxylic acids is 1. The van der Waals surface area contributed by atoms with E-state index in [1.54, 1.807) is 6.20 Å². The van der Waals surface area contributed by atoms with Crippen molar-refractivity contribution < 1.29 is 4.79 Å². The first kappa shape index (κ1) is 26.6. The molecule has 0 atom stereocenters. The molecule has 0 bridgehead atoms. The number of nitrogens with two attached hydrogens (primary N) is 1. The minimum absolute atomic E-state index is 0.0446. The molecule has 0 unspecified atom stereocenters. The lowest BCUT2D eigenvalue weighted by molar-refractivity contribution is -0.127. The Morgan fingerprint density at radius 2 is 1.79 bits per heavy atom. The molecular formula is C31H34N6OS. The first-order valence-corrected chi connectivity index (χ1v) is 13.9. The number of amides is 1. The third-order valence-corrected chi connectivity index (χ3v) is 7.54. The van der Waals surface area contributed by atoms with Gasteiger partial charge in [0.1, 0.15) is 16.3 Å². The molecule has 0 fully saturated rings. The average Bonchev–Trinajstić information content (AvgIpc) is 3.25. The van der Waals surface area contributed by atoms with Crippen LogP contribution in [0.1, 0.15) is 44.5 Å². The monoisotopic (exact) mass is 538 g/mol. The number of aliphatic imine (C=N–C) groups is 1. The Morgan fingerprint density at radius 1 is 1.05 bits per heavy atom. The molecule has 8 heteroatoms. The van der Waals surface area contributed by atoms with Gasteiger partial charge < -0.3 is 19.8 Å². The number of rotatable bonds is 8. The summed E-state index contributed by atoms with van der Waals surface area (Å²) in [6, 6.07) is 14.6. The Kier molecular flexibility index (Phi) is 7.74. The van der Waals surface area contributed by atoms with Gasteiger partial charge >= 0.3 is 0 Å². The van der Waals surface area contributed by atoms with E-state index in [-0.39, 0.29) is 5.91 Å². The van der Waals surface area contributed by atoms with Crippen molar-refractivity contribution in [2.45, 2.75) is 39.7 Å². The summed E-state index contributed by atoms with van der Waals surface area (Å²) in [6.07, 6.45) is 9.90. The number of nitrogens with zero attached hydrogens (tertiary/aromatic N) is 5. The Morgan fingerprint density at radius 3 is 2.51 bits per heavy atom. The number of hydrogen-bond donors (Lipinski definition) is 1. The minimum Gasteiger partial charge on any atom is -0.387 e. The second-order valence-electron chi connectivity index (χ2n) is 10.0. The van der Waals surface area contributed by atoms with E-state index in [0.29, 0.717) is 24.4 Å². The van der Waals surface area contributed by atoms with Gasteiger partial charge in [-0.15, -0.1) is 0 Å². The summed E-state index contributed by atoms with van der Waals surface area (Å²) in [5.74, 6) is 1.45. The van der Waals surface area contributed by atoms with Crippen LogP contribution in [0.25, 0.3) is 28.0 Å². The molecule has 0 radical (unpaired) electrons. The molecule has 1 aliphatic rings. The maximum atomic E-state index is 13.3. The molecule has 4 aromatic rings. The molecule has 2 N–H and O–H groups in total. The molecule has 0 spiro atoms. The number of aromatic nitrogens is 3. The van der Waals surface area contributed by atoms with E-state index in [0.717, 1.165) is 69.5 Å². The van der Waals surface area contributed by atoms with Crippen molar-refractivity contribution in [2.75, 3.05) is 13.1 Å². The van der Waals surface area contributed by atoms with Crippen molar-refractivity contribution in [1.82, 2.24) is 19.0 Å². The van der Waals surface area contributed by atoms with Gasteiger partial charge in [0, 0.05) is 61.7 Å². The van der Waals surface area contributed by atoms with Crippen molar-refractivity contribution in [3.05, 3.63) is 82.7 Å². The number of amidine groups is 1. The molecule has 0 saturated heterocycles. The smallest absolute Gasteiger partial charge is 0.250 e. The van der Waals surface area contributed by atoms with Crippen LogP contribution in [0.3, 0.4) is 0 Å². The van der Waals surface area contributed by atoms with Crippen molar-refractivity contribution in [1.29, 1.82) is 0 Å². The molecule has 7 nitrogen and oxygen atoms in total. The lowest BCUT2D eigenvalue weighted by Gasteiger charge is -2.22. The Balaban J connectivity index is 1.46. The highest BCUT2D eigenvalue weighted by Crippen LogP contribution is 2.33. The van der Waals surface area contributed by atoms with E-state index in [2.05, 4.69) is 54.2 Å². The second kappa shape index (κ2) is 11.4. The summed E-state index contributed by atoms with van der Waals surface area (Å²) in [5.41, 5.74) is 10.8. The van der Waals surface area contributed by atoms with Crippen LogP contribution in [-0.4, -0.2) is 43.9 Å². The highest BCUT2D eigenvalue weighted by atomic mass is 32.1. The minimum atomic E-state index is 0.0446. The number of benzene rings is 2. The number of pyridine rings is 1. The molecule has 1 aliphatic heterocycles. The largest absolute Gasteiger partial charge is 0.387 e. The summed E-state index contributed by atoms with van der Waals surface area (Å²) in [4.78, 5) is 24.3. The van der Waals surface area contributed by atoms with E-state index < -0.39 is 0 Å². The first-order valence-electron chi connectivity index (χ1n) is 13.4. The summed E-state index contributed by atoms with van der Waals surface area (Å²) in [5, 5.41) is 2.10. The molecule has 2 aromatic carbocycles. The van der Waals surface area contributed by atoms with Crippen molar-refractivity contribution in [3.63, 3.8) is 0 Å². The zero-order chi connectivity index (χ0) is 27.5. The van der Waals surface area contributed by atoms with Gasteiger partial charge in [0.05, 0.1) is 12.2 Å². The zero-order valence-corrected chi connectivity index (χ0v) is 23.5. The number of aryl methyl sites for hydroxylation is 1. The number of hydrogen-bond acceptors (Lipinski definition) is 5. The average molecular weight is 539 g/mol. The van der Waals surface area contributed by atoms with Crippen molar-refractivity contribution in [2.24, 2.45) is 17.8 Å². The van der Waals surface area contributed by atoms with Crippen LogP contribution in [0.2, 0.25) is 0 Å². The molecule has 0 aliphatic carbocycles. The van der Waals surface area contributed by atoms with Crippen LogP contribution in [0.4, 0.5) is 5.69 Å². The van der Waals surface area contributed by atoms with Gasteiger partial charge in [0.2, 0.25) is 5.91 Å². The van der Waals surface area contributed by atoms with E-state index in [4.69, 9.17) is 18.0 Å².